The fourth-order valence-electron chi connectivity index (χ4n) is 2.92. The minimum Gasteiger partial charge on any atom is -0.443 e. The number of hydrogen-bond donors (Lipinski definition) is 2. The summed E-state index contributed by atoms with van der Waals surface area (Å²) in [6.07, 6.45) is 2.41. The quantitative estimate of drug-likeness (QED) is 0.654. The van der Waals surface area contributed by atoms with Gasteiger partial charge in [-0.3, -0.25) is 4.79 Å². The van der Waals surface area contributed by atoms with Crippen molar-refractivity contribution in [3.63, 3.8) is 0 Å². The van der Waals surface area contributed by atoms with Gasteiger partial charge in [0.15, 0.2) is 0 Å². The first-order valence-electron chi connectivity index (χ1n) is 8.20. The van der Waals surface area contributed by atoms with Crippen molar-refractivity contribution < 1.29 is 14.3 Å². The molecule has 0 bridgehead atoms. The van der Waals surface area contributed by atoms with Crippen molar-refractivity contribution in [1.29, 1.82) is 0 Å². The van der Waals surface area contributed by atoms with Gasteiger partial charge in [-0.25, -0.2) is 10.2 Å². The summed E-state index contributed by atoms with van der Waals surface area (Å²) in [7, 11) is 0. The zero-order chi connectivity index (χ0) is 18.0. The normalized spacial score (nSPS) is 16.0. The molecule has 130 valence electrons. The molecule has 1 aromatic carbocycles. The summed E-state index contributed by atoms with van der Waals surface area (Å²) in [5, 5.41) is 6.86. The Morgan fingerprint density at radius 2 is 2.00 bits per heavy atom. The van der Waals surface area contributed by atoms with Crippen LogP contribution in [0.2, 0.25) is 0 Å². The van der Waals surface area contributed by atoms with Crippen LogP contribution in [-0.4, -0.2) is 23.8 Å². The van der Waals surface area contributed by atoms with E-state index < -0.39 is 17.1 Å². The first-order valence-corrected chi connectivity index (χ1v) is 8.20. The van der Waals surface area contributed by atoms with Crippen LogP contribution in [0.4, 0.5) is 10.5 Å². The Labute approximate surface area is 142 Å². The van der Waals surface area contributed by atoms with E-state index in [4.69, 9.17) is 4.74 Å². The molecule has 0 saturated heterocycles. The number of hydrazone groups is 1. The maximum Gasteiger partial charge on any atom is 0.428 e. The van der Waals surface area contributed by atoms with Crippen LogP contribution in [0.5, 0.6) is 0 Å². The number of nitrogens with one attached hydrogen (secondary N) is 2. The van der Waals surface area contributed by atoms with Gasteiger partial charge in [0, 0.05) is 5.69 Å². The van der Waals surface area contributed by atoms with Crippen LogP contribution in [0.25, 0.3) is 0 Å². The zero-order valence-corrected chi connectivity index (χ0v) is 14.9. The lowest BCUT2D eigenvalue weighted by atomic mass is 9.76. The maximum absolute atomic E-state index is 12.3. The van der Waals surface area contributed by atoms with Gasteiger partial charge >= 0.3 is 6.09 Å². The highest BCUT2D eigenvalue weighted by Crippen LogP contribution is 2.42. The van der Waals surface area contributed by atoms with Crippen molar-refractivity contribution in [1.82, 2.24) is 5.43 Å². The second-order valence-corrected chi connectivity index (χ2v) is 6.92. The summed E-state index contributed by atoms with van der Waals surface area (Å²) in [6.45, 7) is 9.40. The predicted molar refractivity (Wildman–Crippen MR) is 94.3 cm³/mol. The van der Waals surface area contributed by atoms with Crippen LogP contribution in [0.15, 0.2) is 23.3 Å². The fourth-order valence-corrected chi connectivity index (χ4v) is 2.92. The van der Waals surface area contributed by atoms with Gasteiger partial charge in [-0.1, -0.05) is 19.9 Å². The van der Waals surface area contributed by atoms with Crippen LogP contribution < -0.4 is 10.7 Å². The third-order valence-corrected chi connectivity index (χ3v) is 4.22. The first kappa shape index (κ1) is 18.0. The third kappa shape index (κ3) is 3.58. The molecule has 24 heavy (non-hydrogen) atoms. The fraction of sp³-hybridized carbons (Fsp3) is 0.500. The topological polar surface area (TPSA) is 79.8 Å². The molecule has 6 heteroatoms. The number of carbonyl (C=O) groups is 2. The monoisotopic (exact) mass is 331 g/mol. The Balaban J connectivity index is 2.15. The van der Waals surface area contributed by atoms with Gasteiger partial charge in [-0.2, -0.15) is 5.10 Å². The number of fused-ring (bicyclic) bond motifs is 1. The second kappa shape index (κ2) is 6.63. The van der Waals surface area contributed by atoms with Crippen LogP contribution >= 0.6 is 0 Å². The summed E-state index contributed by atoms with van der Waals surface area (Å²) in [4.78, 5) is 23.9. The molecule has 1 heterocycles. The summed E-state index contributed by atoms with van der Waals surface area (Å²) in [6, 6.07) is 5.66. The van der Waals surface area contributed by atoms with E-state index in [1.165, 1.54) is 0 Å². The molecule has 0 aliphatic carbocycles. The minimum atomic E-state index is -0.604. The van der Waals surface area contributed by atoms with E-state index in [9.17, 15) is 9.59 Å². The number of nitrogens with zero attached hydrogens (tertiary/aromatic N) is 1. The van der Waals surface area contributed by atoms with E-state index in [0.29, 0.717) is 0 Å². The van der Waals surface area contributed by atoms with Crippen LogP contribution in [0.3, 0.4) is 0 Å². The summed E-state index contributed by atoms with van der Waals surface area (Å²) in [5.74, 6) is 0.0449. The number of benzene rings is 1. The predicted octanol–water partition coefficient (Wildman–Crippen LogP) is 3.56. The van der Waals surface area contributed by atoms with Crippen molar-refractivity contribution in [3.8, 4) is 0 Å². The Morgan fingerprint density at radius 3 is 2.58 bits per heavy atom. The van der Waals surface area contributed by atoms with Gasteiger partial charge in [0.2, 0.25) is 5.91 Å². The molecule has 1 aromatic rings. The van der Waals surface area contributed by atoms with Crippen molar-refractivity contribution in [2.75, 3.05) is 5.32 Å². The smallest absolute Gasteiger partial charge is 0.428 e. The van der Waals surface area contributed by atoms with E-state index >= 15 is 0 Å². The average molecular weight is 331 g/mol. The van der Waals surface area contributed by atoms with Gasteiger partial charge in [0.25, 0.3) is 0 Å². The van der Waals surface area contributed by atoms with E-state index in [1.807, 2.05) is 32.0 Å². The average Bonchev–Trinajstić information content (AvgIpc) is 2.77. The van der Waals surface area contributed by atoms with Gasteiger partial charge < -0.3 is 10.1 Å². The Morgan fingerprint density at radius 1 is 1.33 bits per heavy atom. The molecule has 0 aromatic heterocycles. The number of hydrogen-bond acceptors (Lipinski definition) is 4. The lowest BCUT2D eigenvalue weighted by Gasteiger charge is -2.24. The number of ether oxygens (including phenoxy) is 1. The molecule has 0 spiro atoms. The SMILES string of the molecule is CCC1(CC)C(=O)Nc2ccc(/C=N/NC(=O)OC(C)(C)C)cc21. The number of carbonyl (C=O) groups excluding carboxylic acids is 2. The van der Waals surface area contributed by atoms with Gasteiger partial charge in [-0.05, 0) is 56.9 Å². The van der Waals surface area contributed by atoms with Crippen molar-refractivity contribution >= 4 is 23.9 Å². The third-order valence-electron chi connectivity index (χ3n) is 4.22. The standard InChI is InChI=1S/C18H25N3O3/c1-6-18(7-2)13-10-12(8-9-14(13)20-15(18)22)11-19-21-16(23)24-17(3,4)5/h8-11H,6-7H2,1-5H3,(H,20,22)(H,21,23)/b19-11+. The molecule has 0 fully saturated rings. The molecule has 6 nitrogen and oxygen atoms in total. The minimum absolute atomic E-state index is 0.0449. The molecule has 2 rings (SSSR count). The maximum atomic E-state index is 12.3. The highest BCUT2D eigenvalue weighted by Gasteiger charge is 2.43. The van der Waals surface area contributed by atoms with Crippen LogP contribution in [0.1, 0.15) is 58.6 Å². The van der Waals surface area contributed by atoms with Crippen LogP contribution in [-0.2, 0) is 14.9 Å². The van der Waals surface area contributed by atoms with E-state index in [1.54, 1.807) is 27.0 Å². The van der Waals surface area contributed by atoms with Crippen LogP contribution in [0, 0.1) is 0 Å². The summed E-state index contributed by atoms with van der Waals surface area (Å²) in [5.41, 5.74) is 3.93. The first-order chi connectivity index (χ1) is 11.2. The van der Waals surface area contributed by atoms with Crippen molar-refractivity contribution in [2.24, 2.45) is 5.10 Å². The van der Waals surface area contributed by atoms with Gasteiger partial charge in [0.1, 0.15) is 5.60 Å². The molecule has 1 aliphatic rings. The molecular weight excluding hydrogens is 306 g/mol. The highest BCUT2D eigenvalue weighted by atomic mass is 16.6. The summed E-state index contributed by atoms with van der Waals surface area (Å²) >= 11 is 0. The van der Waals surface area contributed by atoms with E-state index in [0.717, 1.165) is 29.7 Å². The van der Waals surface area contributed by atoms with Gasteiger partial charge in [-0.15, -0.1) is 0 Å². The Hall–Kier alpha value is -2.37. The van der Waals surface area contributed by atoms with Crippen molar-refractivity contribution in [3.05, 3.63) is 29.3 Å². The molecule has 1 aliphatic heterocycles. The summed E-state index contributed by atoms with van der Waals surface area (Å²) < 4.78 is 5.11. The zero-order valence-electron chi connectivity index (χ0n) is 14.9. The Bertz CT molecular complexity index is 671. The van der Waals surface area contributed by atoms with Crippen molar-refractivity contribution in [2.45, 2.75) is 58.5 Å². The highest BCUT2D eigenvalue weighted by molar-refractivity contribution is 6.06. The molecule has 2 N–H and O–H groups in total. The molecule has 0 atom stereocenters. The molecule has 2 amide bonds. The molecule has 0 saturated carbocycles. The number of amides is 2. The Kier molecular flexibility index (Phi) is 4.96. The lowest BCUT2D eigenvalue weighted by molar-refractivity contribution is -0.121. The number of rotatable bonds is 4. The van der Waals surface area contributed by atoms with Gasteiger partial charge in [0.05, 0.1) is 11.6 Å². The lowest BCUT2D eigenvalue weighted by Crippen LogP contribution is -2.32. The molecule has 0 unspecified atom stereocenters. The second-order valence-electron chi connectivity index (χ2n) is 6.92. The van der Waals surface area contributed by atoms with E-state index in [-0.39, 0.29) is 5.91 Å². The number of anilines is 1. The largest absolute Gasteiger partial charge is 0.443 e. The molecular formula is C18H25N3O3. The molecule has 0 radical (unpaired) electrons. The van der Waals surface area contributed by atoms with E-state index in [2.05, 4.69) is 15.8 Å².